The van der Waals surface area contributed by atoms with Gasteiger partial charge in [-0.1, -0.05) is 33.9 Å². The lowest BCUT2D eigenvalue weighted by Crippen LogP contribution is -2.44. The van der Waals surface area contributed by atoms with Crippen molar-refractivity contribution in [3.8, 4) is 5.75 Å². The molecule has 0 aliphatic carbocycles. The van der Waals surface area contributed by atoms with Crippen molar-refractivity contribution in [3.63, 3.8) is 0 Å². The second-order valence-corrected chi connectivity index (χ2v) is 12.5. The van der Waals surface area contributed by atoms with E-state index >= 15 is 0 Å². The van der Waals surface area contributed by atoms with E-state index in [9.17, 15) is 0 Å². The van der Waals surface area contributed by atoms with E-state index in [4.69, 9.17) is 4.74 Å². The Morgan fingerprint density at radius 3 is 2.37 bits per heavy atom. The number of hydrogen-bond acceptors (Lipinski definition) is 1. The van der Waals surface area contributed by atoms with Crippen LogP contribution in [-0.4, -0.2) is 19.6 Å². The summed E-state index contributed by atoms with van der Waals surface area (Å²) >= 11 is 3.68. The standard InChI is InChI=1S/C15H22BrNOSi/c1-15(2,3)19(5,6)17-10-13(16)12-8-7-11(18-4)9-14(12)17/h7-10H,1-6H3. The molecule has 2 aromatic rings. The van der Waals surface area contributed by atoms with Crippen LogP contribution in [0.25, 0.3) is 10.9 Å². The van der Waals surface area contributed by atoms with Crippen molar-refractivity contribution < 1.29 is 4.74 Å². The molecule has 0 aliphatic rings. The van der Waals surface area contributed by atoms with Crippen molar-refractivity contribution in [2.75, 3.05) is 7.11 Å². The minimum absolute atomic E-state index is 0.293. The lowest BCUT2D eigenvalue weighted by molar-refractivity contribution is 0.415. The van der Waals surface area contributed by atoms with Gasteiger partial charge in [0.25, 0.3) is 0 Å². The summed E-state index contributed by atoms with van der Waals surface area (Å²) in [4.78, 5) is 0. The predicted octanol–water partition coefficient (Wildman–Crippen LogP) is 5.27. The minimum atomic E-state index is -1.63. The Balaban J connectivity index is 2.74. The molecule has 0 unspecified atom stereocenters. The Labute approximate surface area is 125 Å². The summed E-state index contributed by atoms with van der Waals surface area (Å²) in [5.41, 5.74) is 1.26. The zero-order chi connectivity index (χ0) is 14.4. The molecule has 0 bridgehead atoms. The zero-order valence-corrected chi connectivity index (χ0v) is 15.1. The number of methoxy groups -OCH3 is 1. The van der Waals surface area contributed by atoms with Gasteiger partial charge in [0.05, 0.1) is 7.11 Å². The fourth-order valence-electron chi connectivity index (χ4n) is 2.12. The van der Waals surface area contributed by atoms with Crippen molar-refractivity contribution in [3.05, 3.63) is 28.9 Å². The van der Waals surface area contributed by atoms with Gasteiger partial charge < -0.3 is 8.97 Å². The third-order valence-electron chi connectivity index (χ3n) is 4.40. The van der Waals surface area contributed by atoms with Gasteiger partial charge in [-0.3, -0.25) is 0 Å². The number of aromatic nitrogens is 1. The summed E-state index contributed by atoms with van der Waals surface area (Å²) in [5, 5.41) is 1.55. The Kier molecular flexibility index (Phi) is 3.60. The van der Waals surface area contributed by atoms with E-state index in [1.54, 1.807) is 7.11 Å². The first-order chi connectivity index (χ1) is 8.68. The van der Waals surface area contributed by atoms with Gasteiger partial charge in [0.1, 0.15) is 5.75 Å². The molecule has 0 amide bonds. The van der Waals surface area contributed by atoms with E-state index in [1.807, 2.05) is 6.07 Å². The maximum atomic E-state index is 5.37. The van der Waals surface area contributed by atoms with Crippen molar-refractivity contribution in [1.82, 2.24) is 4.23 Å². The summed E-state index contributed by atoms with van der Waals surface area (Å²) in [5.74, 6) is 0.915. The van der Waals surface area contributed by atoms with Crippen LogP contribution >= 0.6 is 15.9 Å². The van der Waals surface area contributed by atoms with Crippen molar-refractivity contribution >= 4 is 35.1 Å². The predicted molar refractivity (Wildman–Crippen MR) is 88.8 cm³/mol. The molecule has 1 aromatic carbocycles. The van der Waals surface area contributed by atoms with Crippen LogP contribution in [0.4, 0.5) is 0 Å². The average molecular weight is 340 g/mol. The molecular weight excluding hydrogens is 318 g/mol. The van der Waals surface area contributed by atoms with Crippen LogP contribution in [-0.2, 0) is 0 Å². The smallest absolute Gasteiger partial charge is 0.161 e. The van der Waals surface area contributed by atoms with Gasteiger partial charge in [0.15, 0.2) is 8.24 Å². The van der Waals surface area contributed by atoms with Crippen LogP contribution < -0.4 is 4.74 Å². The molecule has 2 rings (SSSR count). The van der Waals surface area contributed by atoms with Crippen molar-refractivity contribution in [1.29, 1.82) is 0 Å². The SMILES string of the molecule is COc1ccc2c(Br)cn([Si](C)(C)C(C)(C)C)c2c1. The molecule has 0 aliphatic heterocycles. The number of fused-ring (bicyclic) bond motifs is 1. The summed E-state index contributed by atoms with van der Waals surface area (Å²) in [6.45, 7) is 11.8. The van der Waals surface area contributed by atoms with Gasteiger partial charge >= 0.3 is 0 Å². The summed E-state index contributed by atoms with van der Waals surface area (Å²) in [6.07, 6.45) is 2.24. The second kappa shape index (κ2) is 4.67. The first kappa shape index (κ1) is 14.7. The van der Waals surface area contributed by atoms with Crippen LogP contribution in [0.15, 0.2) is 28.9 Å². The molecule has 0 saturated heterocycles. The average Bonchev–Trinajstić information content (AvgIpc) is 2.65. The zero-order valence-electron chi connectivity index (χ0n) is 12.5. The maximum absolute atomic E-state index is 5.37. The monoisotopic (exact) mass is 339 g/mol. The Morgan fingerprint density at radius 2 is 1.84 bits per heavy atom. The van der Waals surface area contributed by atoms with Crippen molar-refractivity contribution in [2.45, 2.75) is 38.9 Å². The maximum Gasteiger partial charge on any atom is 0.161 e. The number of halogens is 1. The van der Waals surface area contributed by atoms with Crippen molar-refractivity contribution in [2.24, 2.45) is 0 Å². The molecular formula is C15H22BrNOSi. The molecule has 0 saturated carbocycles. The number of benzene rings is 1. The fraction of sp³-hybridized carbons (Fsp3) is 0.467. The van der Waals surface area contributed by atoms with Crippen LogP contribution in [0.1, 0.15) is 20.8 Å². The third-order valence-corrected chi connectivity index (χ3v) is 10.3. The molecule has 0 radical (unpaired) electrons. The largest absolute Gasteiger partial charge is 0.497 e. The van der Waals surface area contributed by atoms with E-state index in [-0.39, 0.29) is 0 Å². The molecule has 1 aromatic heterocycles. The Bertz CT molecular complexity index is 610. The normalized spacial score (nSPS) is 13.0. The summed E-state index contributed by atoms with van der Waals surface area (Å²) in [7, 11) is 0.0889. The highest BCUT2D eigenvalue weighted by atomic mass is 79.9. The molecule has 2 nitrogen and oxygen atoms in total. The number of nitrogens with zero attached hydrogens (tertiary/aromatic N) is 1. The van der Waals surface area contributed by atoms with Crippen LogP contribution in [0.2, 0.25) is 18.1 Å². The van der Waals surface area contributed by atoms with Gasteiger partial charge in [-0.25, -0.2) is 0 Å². The van der Waals surface area contributed by atoms with Gasteiger partial charge in [-0.15, -0.1) is 0 Å². The van der Waals surface area contributed by atoms with Crippen LogP contribution in [0, 0.1) is 0 Å². The first-order valence-electron chi connectivity index (χ1n) is 6.53. The van der Waals surface area contributed by atoms with Gasteiger partial charge in [-0.05, 0) is 33.1 Å². The van der Waals surface area contributed by atoms with E-state index in [0.717, 1.165) is 10.2 Å². The van der Waals surface area contributed by atoms with Gasteiger partial charge in [0, 0.05) is 27.6 Å². The molecule has 104 valence electrons. The lowest BCUT2D eigenvalue weighted by Gasteiger charge is -2.38. The third kappa shape index (κ3) is 2.36. The lowest BCUT2D eigenvalue weighted by atomic mass is 10.2. The summed E-state index contributed by atoms with van der Waals surface area (Å²) < 4.78 is 9.01. The Hall–Kier alpha value is -0.743. The van der Waals surface area contributed by atoms with E-state index in [2.05, 4.69) is 72.4 Å². The molecule has 4 heteroatoms. The number of ether oxygens (including phenoxy) is 1. The molecule has 1 heterocycles. The molecule has 0 N–H and O–H groups in total. The van der Waals surface area contributed by atoms with Gasteiger partial charge in [0.2, 0.25) is 0 Å². The highest BCUT2D eigenvalue weighted by Gasteiger charge is 2.38. The van der Waals surface area contributed by atoms with Gasteiger partial charge in [-0.2, -0.15) is 0 Å². The van der Waals surface area contributed by atoms with E-state index in [0.29, 0.717) is 5.04 Å². The highest BCUT2D eigenvalue weighted by Crippen LogP contribution is 2.41. The molecule has 0 spiro atoms. The summed E-state index contributed by atoms with van der Waals surface area (Å²) in [6, 6.07) is 6.28. The van der Waals surface area contributed by atoms with E-state index < -0.39 is 8.24 Å². The number of hydrogen-bond donors (Lipinski definition) is 0. The topological polar surface area (TPSA) is 14.2 Å². The van der Waals surface area contributed by atoms with Crippen LogP contribution in [0.3, 0.4) is 0 Å². The molecule has 0 atom stereocenters. The van der Waals surface area contributed by atoms with Crippen LogP contribution in [0.5, 0.6) is 5.75 Å². The quantitative estimate of drug-likeness (QED) is 0.680. The highest BCUT2D eigenvalue weighted by molar-refractivity contribution is 9.10. The Morgan fingerprint density at radius 1 is 1.21 bits per heavy atom. The minimum Gasteiger partial charge on any atom is -0.497 e. The molecule has 0 fully saturated rings. The molecule has 19 heavy (non-hydrogen) atoms. The second-order valence-electron chi connectivity index (χ2n) is 6.54. The number of rotatable bonds is 2. The first-order valence-corrected chi connectivity index (χ1v) is 10.3. The fourth-order valence-corrected chi connectivity index (χ4v) is 4.81. The van der Waals surface area contributed by atoms with E-state index in [1.165, 1.54) is 10.9 Å².